The van der Waals surface area contributed by atoms with E-state index in [1.807, 2.05) is 0 Å². The molecule has 0 fully saturated rings. The van der Waals surface area contributed by atoms with E-state index in [1.165, 1.54) is 13.2 Å². The highest BCUT2D eigenvalue weighted by atomic mass is 19.2. The predicted octanol–water partition coefficient (Wildman–Crippen LogP) is 3.24. The number of urea groups is 1. The van der Waals surface area contributed by atoms with Crippen LogP contribution in [-0.2, 0) is 4.79 Å². The molecule has 1 heterocycles. The standard InChI is InChI=1S/C19H17F2N3O3/c1-10-16(18(25)23-12-6-7-14(20)15(21)9-12)17(24-19(26)22-10)11-4-3-5-13(8-11)27-2/h3-9,17H,1-2H3,(H,23,25)(H2,22,24,26)/t17-/m1/s1. The van der Waals surface area contributed by atoms with E-state index in [1.54, 1.807) is 31.2 Å². The second-order valence-corrected chi connectivity index (χ2v) is 5.93. The van der Waals surface area contributed by atoms with Gasteiger partial charge in [0.05, 0.1) is 18.7 Å². The molecule has 0 aromatic heterocycles. The van der Waals surface area contributed by atoms with Gasteiger partial charge in [-0.15, -0.1) is 0 Å². The number of amides is 3. The minimum Gasteiger partial charge on any atom is -0.497 e. The maximum Gasteiger partial charge on any atom is 0.319 e. The van der Waals surface area contributed by atoms with Gasteiger partial charge in [-0.2, -0.15) is 0 Å². The third-order valence-corrected chi connectivity index (χ3v) is 4.12. The van der Waals surface area contributed by atoms with Crippen molar-refractivity contribution >= 4 is 17.6 Å². The van der Waals surface area contributed by atoms with Crippen LogP contribution >= 0.6 is 0 Å². The monoisotopic (exact) mass is 373 g/mol. The molecular weight excluding hydrogens is 356 g/mol. The van der Waals surface area contributed by atoms with E-state index in [2.05, 4.69) is 16.0 Å². The fourth-order valence-corrected chi connectivity index (χ4v) is 2.84. The molecule has 0 bridgehead atoms. The summed E-state index contributed by atoms with van der Waals surface area (Å²) in [7, 11) is 1.51. The van der Waals surface area contributed by atoms with E-state index < -0.39 is 29.6 Å². The quantitative estimate of drug-likeness (QED) is 0.770. The second-order valence-electron chi connectivity index (χ2n) is 5.93. The molecule has 0 saturated heterocycles. The first kappa shape index (κ1) is 18.4. The SMILES string of the molecule is COc1cccc([C@H]2NC(=O)NC(C)=C2C(=O)Nc2ccc(F)c(F)c2)c1. The van der Waals surface area contributed by atoms with Gasteiger partial charge in [-0.25, -0.2) is 13.6 Å². The Morgan fingerprint density at radius 2 is 1.93 bits per heavy atom. The molecule has 140 valence electrons. The normalized spacial score (nSPS) is 16.4. The van der Waals surface area contributed by atoms with Crippen LogP contribution in [0.15, 0.2) is 53.7 Å². The van der Waals surface area contributed by atoms with Gasteiger partial charge < -0.3 is 20.7 Å². The van der Waals surface area contributed by atoms with Crippen LogP contribution < -0.4 is 20.7 Å². The zero-order valence-corrected chi connectivity index (χ0v) is 14.6. The first-order valence-corrected chi connectivity index (χ1v) is 8.07. The Hall–Kier alpha value is -3.42. The molecule has 8 heteroatoms. The van der Waals surface area contributed by atoms with Gasteiger partial charge in [0.2, 0.25) is 0 Å². The van der Waals surface area contributed by atoms with Crippen molar-refractivity contribution in [2.24, 2.45) is 0 Å². The number of methoxy groups -OCH3 is 1. The molecule has 0 aliphatic carbocycles. The van der Waals surface area contributed by atoms with Crippen molar-refractivity contribution in [3.05, 3.63) is 70.9 Å². The van der Waals surface area contributed by atoms with Gasteiger partial charge in [0.25, 0.3) is 5.91 Å². The topological polar surface area (TPSA) is 79.5 Å². The molecule has 3 rings (SSSR count). The third-order valence-electron chi connectivity index (χ3n) is 4.12. The Morgan fingerprint density at radius 1 is 1.15 bits per heavy atom. The summed E-state index contributed by atoms with van der Waals surface area (Å²) in [5.74, 6) is -2.07. The number of hydrogen-bond acceptors (Lipinski definition) is 3. The minimum atomic E-state index is -1.07. The van der Waals surface area contributed by atoms with Gasteiger partial charge >= 0.3 is 6.03 Å². The summed E-state index contributed by atoms with van der Waals surface area (Å²) in [6, 6.07) is 8.80. The smallest absolute Gasteiger partial charge is 0.319 e. The Bertz CT molecular complexity index is 944. The lowest BCUT2D eigenvalue weighted by Crippen LogP contribution is -2.45. The summed E-state index contributed by atoms with van der Waals surface area (Å²) in [6.07, 6.45) is 0. The van der Waals surface area contributed by atoms with Gasteiger partial charge in [0, 0.05) is 17.5 Å². The summed E-state index contributed by atoms with van der Waals surface area (Å²) < 4.78 is 31.7. The van der Waals surface area contributed by atoms with Crippen molar-refractivity contribution in [2.45, 2.75) is 13.0 Å². The first-order chi connectivity index (χ1) is 12.9. The van der Waals surface area contributed by atoms with Crippen molar-refractivity contribution in [2.75, 3.05) is 12.4 Å². The molecule has 1 aliphatic heterocycles. The molecule has 0 unspecified atom stereocenters. The highest BCUT2D eigenvalue weighted by Crippen LogP contribution is 2.29. The number of anilines is 1. The molecule has 0 saturated carbocycles. The van der Waals surface area contributed by atoms with Crippen molar-refractivity contribution < 1.29 is 23.1 Å². The minimum absolute atomic E-state index is 0.0977. The van der Waals surface area contributed by atoms with E-state index in [0.717, 1.165) is 12.1 Å². The van der Waals surface area contributed by atoms with E-state index in [9.17, 15) is 18.4 Å². The van der Waals surface area contributed by atoms with Gasteiger partial charge in [-0.3, -0.25) is 4.79 Å². The van der Waals surface area contributed by atoms with E-state index >= 15 is 0 Å². The van der Waals surface area contributed by atoms with Crippen LogP contribution in [0.5, 0.6) is 5.75 Å². The number of allylic oxidation sites excluding steroid dienone is 1. The van der Waals surface area contributed by atoms with Crippen LogP contribution in [0.2, 0.25) is 0 Å². The fraction of sp³-hybridized carbons (Fsp3) is 0.158. The molecule has 1 atom stereocenters. The average molecular weight is 373 g/mol. The molecule has 1 aliphatic rings. The highest BCUT2D eigenvalue weighted by molar-refractivity contribution is 6.06. The molecule has 27 heavy (non-hydrogen) atoms. The number of ether oxygens (including phenoxy) is 1. The average Bonchev–Trinajstić information content (AvgIpc) is 2.64. The molecule has 3 amide bonds. The van der Waals surface area contributed by atoms with Crippen LogP contribution in [0.25, 0.3) is 0 Å². The summed E-state index contributed by atoms with van der Waals surface area (Å²) in [5, 5.41) is 7.77. The number of benzene rings is 2. The Morgan fingerprint density at radius 3 is 2.63 bits per heavy atom. The maximum atomic E-state index is 13.4. The number of carbonyl (C=O) groups is 2. The number of rotatable bonds is 4. The summed E-state index contributed by atoms with van der Waals surface area (Å²) in [4.78, 5) is 24.7. The summed E-state index contributed by atoms with van der Waals surface area (Å²) >= 11 is 0. The maximum absolute atomic E-state index is 13.4. The van der Waals surface area contributed by atoms with Crippen molar-refractivity contribution in [1.82, 2.24) is 10.6 Å². The summed E-state index contributed by atoms with van der Waals surface area (Å²) in [6.45, 7) is 1.59. The zero-order valence-electron chi connectivity index (χ0n) is 14.6. The van der Waals surface area contributed by atoms with E-state index in [4.69, 9.17) is 4.74 Å². The Labute approximate surface area is 154 Å². The lowest BCUT2D eigenvalue weighted by Gasteiger charge is -2.28. The number of carbonyl (C=O) groups excluding carboxylic acids is 2. The molecule has 2 aromatic rings. The zero-order chi connectivity index (χ0) is 19.6. The van der Waals surface area contributed by atoms with Crippen LogP contribution in [-0.4, -0.2) is 19.0 Å². The van der Waals surface area contributed by atoms with Crippen molar-refractivity contribution in [1.29, 1.82) is 0 Å². The number of halogens is 2. The van der Waals surface area contributed by atoms with Crippen LogP contribution in [0.3, 0.4) is 0 Å². The predicted molar refractivity (Wildman–Crippen MR) is 95.1 cm³/mol. The number of hydrogen-bond donors (Lipinski definition) is 3. The lowest BCUT2D eigenvalue weighted by atomic mass is 9.94. The fourth-order valence-electron chi connectivity index (χ4n) is 2.84. The molecule has 0 spiro atoms. The molecule has 0 radical (unpaired) electrons. The lowest BCUT2D eigenvalue weighted by molar-refractivity contribution is -0.113. The molecule has 3 N–H and O–H groups in total. The number of nitrogens with one attached hydrogen (secondary N) is 3. The Balaban J connectivity index is 1.95. The first-order valence-electron chi connectivity index (χ1n) is 8.07. The Kier molecular flexibility index (Phi) is 5.07. The highest BCUT2D eigenvalue weighted by Gasteiger charge is 2.31. The van der Waals surface area contributed by atoms with Crippen LogP contribution in [0.4, 0.5) is 19.3 Å². The van der Waals surface area contributed by atoms with Gasteiger partial charge in [-0.05, 0) is 36.8 Å². The van der Waals surface area contributed by atoms with Gasteiger partial charge in [0.15, 0.2) is 11.6 Å². The molecule has 6 nitrogen and oxygen atoms in total. The second kappa shape index (κ2) is 7.45. The van der Waals surface area contributed by atoms with E-state index in [-0.39, 0.29) is 11.3 Å². The van der Waals surface area contributed by atoms with Crippen LogP contribution in [0, 0.1) is 11.6 Å². The summed E-state index contributed by atoms with van der Waals surface area (Å²) in [5.41, 5.74) is 1.33. The molecule has 2 aromatic carbocycles. The molecular formula is C19H17F2N3O3. The van der Waals surface area contributed by atoms with Gasteiger partial charge in [0.1, 0.15) is 5.75 Å². The largest absolute Gasteiger partial charge is 0.497 e. The van der Waals surface area contributed by atoms with Crippen molar-refractivity contribution in [3.63, 3.8) is 0 Å². The van der Waals surface area contributed by atoms with Crippen LogP contribution in [0.1, 0.15) is 18.5 Å². The van der Waals surface area contributed by atoms with Gasteiger partial charge in [-0.1, -0.05) is 12.1 Å². The van der Waals surface area contributed by atoms with Crippen molar-refractivity contribution in [3.8, 4) is 5.75 Å². The third kappa shape index (κ3) is 3.89. The van der Waals surface area contributed by atoms with E-state index in [0.29, 0.717) is 17.0 Å².